The van der Waals surface area contributed by atoms with E-state index in [1.54, 1.807) is 0 Å². The average molecular weight is 276 g/mol. The molecule has 2 heterocycles. The van der Waals surface area contributed by atoms with Crippen molar-refractivity contribution < 1.29 is 0 Å². The summed E-state index contributed by atoms with van der Waals surface area (Å²) in [5.74, 6) is 1.55. The molecule has 0 bridgehead atoms. The Morgan fingerprint density at radius 3 is 2.75 bits per heavy atom. The van der Waals surface area contributed by atoms with E-state index >= 15 is 0 Å². The van der Waals surface area contributed by atoms with Crippen molar-refractivity contribution in [3.63, 3.8) is 0 Å². The van der Waals surface area contributed by atoms with Gasteiger partial charge in [0.25, 0.3) is 0 Å². The van der Waals surface area contributed by atoms with E-state index in [0.29, 0.717) is 17.5 Å². The summed E-state index contributed by atoms with van der Waals surface area (Å²) >= 11 is 0. The van der Waals surface area contributed by atoms with Crippen LogP contribution in [-0.4, -0.2) is 39.4 Å². The van der Waals surface area contributed by atoms with Gasteiger partial charge in [-0.2, -0.15) is 5.10 Å². The molecule has 2 atom stereocenters. The van der Waals surface area contributed by atoms with E-state index in [1.807, 2.05) is 17.9 Å². The molecule has 0 spiro atoms. The molecule has 2 unspecified atom stereocenters. The van der Waals surface area contributed by atoms with Crippen molar-refractivity contribution in [1.82, 2.24) is 20.0 Å². The van der Waals surface area contributed by atoms with Gasteiger partial charge in [-0.1, -0.05) is 13.8 Å². The second kappa shape index (κ2) is 5.15. The van der Waals surface area contributed by atoms with E-state index in [2.05, 4.69) is 42.2 Å². The fraction of sp³-hybridized carbons (Fsp3) is 0.812. The Labute approximate surface area is 122 Å². The molecule has 112 valence electrons. The van der Waals surface area contributed by atoms with Gasteiger partial charge < -0.3 is 5.32 Å². The summed E-state index contributed by atoms with van der Waals surface area (Å²) in [7, 11) is 2.00. The molecule has 3 rings (SSSR count). The van der Waals surface area contributed by atoms with Crippen LogP contribution in [-0.2, 0) is 13.6 Å². The van der Waals surface area contributed by atoms with Crippen molar-refractivity contribution in [3.8, 4) is 0 Å². The first-order valence-corrected chi connectivity index (χ1v) is 7.96. The Kier molecular flexibility index (Phi) is 3.63. The third kappa shape index (κ3) is 2.63. The summed E-state index contributed by atoms with van der Waals surface area (Å²) in [6, 6.07) is 2.75. The number of piperazine rings is 1. The molecule has 4 heteroatoms. The van der Waals surface area contributed by atoms with Crippen LogP contribution < -0.4 is 5.32 Å². The Balaban J connectivity index is 1.77. The zero-order valence-corrected chi connectivity index (χ0v) is 13.3. The quantitative estimate of drug-likeness (QED) is 0.913. The monoisotopic (exact) mass is 276 g/mol. The number of hydrogen-bond acceptors (Lipinski definition) is 3. The molecule has 1 aromatic rings. The second-order valence-electron chi connectivity index (χ2n) is 7.22. The van der Waals surface area contributed by atoms with Crippen molar-refractivity contribution in [2.45, 2.75) is 51.7 Å². The molecule has 20 heavy (non-hydrogen) atoms. The zero-order chi connectivity index (χ0) is 14.3. The average Bonchev–Trinajstić information content (AvgIpc) is 3.17. The third-order valence-electron chi connectivity index (χ3n) is 5.24. The summed E-state index contributed by atoms with van der Waals surface area (Å²) in [4.78, 5) is 2.69. The molecule has 0 amide bonds. The van der Waals surface area contributed by atoms with Gasteiger partial charge in [-0.15, -0.1) is 0 Å². The van der Waals surface area contributed by atoms with Gasteiger partial charge in [-0.05, 0) is 37.7 Å². The van der Waals surface area contributed by atoms with Crippen LogP contribution in [0.3, 0.4) is 0 Å². The van der Waals surface area contributed by atoms with E-state index < -0.39 is 0 Å². The summed E-state index contributed by atoms with van der Waals surface area (Å²) < 4.78 is 1.91. The van der Waals surface area contributed by atoms with E-state index in [1.165, 1.54) is 18.5 Å². The number of nitrogens with one attached hydrogen (secondary N) is 1. The lowest BCUT2D eigenvalue weighted by Gasteiger charge is -2.49. The predicted molar refractivity (Wildman–Crippen MR) is 81.4 cm³/mol. The lowest BCUT2D eigenvalue weighted by atomic mass is 9.87. The van der Waals surface area contributed by atoms with E-state index in [-0.39, 0.29) is 0 Å². The van der Waals surface area contributed by atoms with Crippen LogP contribution >= 0.6 is 0 Å². The minimum absolute atomic E-state index is 0.308. The van der Waals surface area contributed by atoms with Crippen LogP contribution in [0.4, 0.5) is 0 Å². The van der Waals surface area contributed by atoms with Gasteiger partial charge in [0.1, 0.15) is 0 Å². The van der Waals surface area contributed by atoms with Crippen LogP contribution in [0.15, 0.2) is 12.3 Å². The van der Waals surface area contributed by atoms with Crippen molar-refractivity contribution >= 4 is 0 Å². The molecule has 2 fully saturated rings. The van der Waals surface area contributed by atoms with Gasteiger partial charge in [-0.3, -0.25) is 9.58 Å². The molecule has 0 aromatic carbocycles. The SMILES string of the molecule is CC(C)C1CN(Cc2ccn(C)n2)C(C)(C2CC2)CN1. The maximum absolute atomic E-state index is 4.57. The number of rotatable bonds is 4. The molecule has 4 nitrogen and oxygen atoms in total. The van der Waals surface area contributed by atoms with Crippen molar-refractivity contribution in [1.29, 1.82) is 0 Å². The highest BCUT2D eigenvalue weighted by Gasteiger charge is 2.48. The molecule has 1 saturated carbocycles. The van der Waals surface area contributed by atoms with Gasteiger partial charge >= 0.3 is 0 Å². The van der Waals surface area contributed by atoms with E-state index in [0.717, 1.165) is 25.6 Å². The summed E-state index contributed by atoms with van der Waals surface area (Å²) in [6.45, 7) is 10.3. The topological polar surface area (TPSA) is 33.1 Å². The maximum Gasteiger partial charge on any atom is 0.0764 e. The first kappa shape index (κ1) is 14.1. The highest BCUT2D eigenvalue weighted by Crippen LogP contribution is 2.44. The van der Waals surface area contributed by atoms with Crippen LogP contribution in [0.25, 0.3) is 0 Å². The lowest BCUT2D eigenvalue weighted by molar-refractivity contribution is 0.0176. The molecule has 1 saturated heterocycles. The normalized spacial score (nSPS) is 31.9. The number of aromatic nitrogens is 2. The van der Waals surface area contributed by atoms with Gasteiger partial charge in [0.05, 0.1) is 5.69 Å². The summed E-state index contributed by atoms with van der Waals surface area (Å²) in [5, 5.41) is 8.36. The molecule has 1 N–H and O–H groups in total. The minimum atomic E-state index is 0.308. The Morgan fingerprint density at radius 2 is 2.20 bits per heavy atom. The Morgan fingerprint density at radius 1 is 1.45 bits per heavy atom. The number of hydrogen-bond donors (Lipinski definition) is 1. The first-order valence-electron chi connectivity index (χ1n) is 7.96. The van der Waals surface area contributed by atoms with Crippen LogP contribution in [0, 0.1) is 11.8 Å². The summed E-state index contributed by atoms with van der Waals surface area (Å²) in [5.41, 5.74) is 1.51. The molecule has 2 aliphatic rings. The maximum atomic E-state index is 4.57. The highest BCUT2D eigenvalue weighted by molar-refractivity contribution is 5.08. The van der Waals surface area contributed by atoms with Crippen LogP contribution in [0.5, 0.6) is 0 Å². The zero-order valence-electron chi connectivity index (χ0n) is 13.3. The van der Waals surface area contributed by atoms with E-state index in [9.17, 15) is 0 Å². The van der Waals surface area contributed by atoms with Crippen molar-refractivity contribution in [2.75, 3.05) is 13.1 Å². The van der Waals surface area contributed by atoms with Gasteiger partial charge in [-0.25, -0.2) is 0 Å². The number of aryl methyl sites for hydroxylation is 1. The van der Waals surface area contributed by atoms with Crippen LogP contribution in [0.1, 0.15) is 39.3 Å². The standard InChI is InChI=1S/C16H28N4/c1-12(2)15-10-20(9-14-7-8-19(4)18-14)16(3,11-17-15)13-5-6-13/h7-8,12-13,15,17H,5-6,9-11H2,1-4H3. The van der Waals surface area contributed by atoms with Crippen molar-refractivity contribution in [3.05, 3.63) is 18.0 Å². The Hall–Kier alpha value is -0.870. The summed E-state index contributed by atoms with van der Waals surface area (Å²) in [6.07, 6.45) is 4.83. The molecular formula is C16H28N4. The third-order valence-corrected chi connectivity index (χ3v) is 5.24. The molecule has 1 aromatic heterocycles. The fourth-order valence-corrected chi connectivity index (χ4v) is 3.50. The van der Waals surface area contributed by atoms with Gasteiger partial charge in [0.2, 0.25) is 0 Å². The van der Waals surface area contributed by atoms with Gasteiger partial charge in [0.15, 0.2) is 0 Å². The minimum Gasteiger partial charge on any atom is -0.311 e. The Bertz CT molecular complexity index is 463. The number of nitrogens with zero attached hydrogens (tertiary/aromatic N) is 3. The van der Waals surface area contributed by atoms with E-state index in [4.69, 9.17) is 0 Å². The largest absolute Gasteiger partial charge is 0.311 e. The lowest BCUT2D eigenvalue weighted by Crippen LogP contribution is -2.65. The first-order chi connectivity index (χ1) is 9.49. The van der Waals surface area contributed by atoms with Gasteiger partial charge in [0, 0.05) is 44.5 Å². The molecule has 1 aliphatic carbocycles. The molecule has 0 radical (unpaired) electrons. The molecular weight excluding hydrogens is 248 g/mol. The second-order valence-corrected chi connectivity index (χ2v) is 7.22. The fourth-order valence-electron chi connectivity index (χ4n) is 3.50. The smallest absolute Gasteiger partial charge is 0.0764 e. The molecule has 1 aliphatic heterocycles. The van der Waals surface area contributed by atoms with Crippen molar-refractivity contribution in [2.24, 2.45) is 18.9 Å². The van der Waals surface area contributed by atoms with Crippen LogP contribution in [0.2, 0.25) is 0 Å². The highest BCUT2D eigenvalue weighted by atomic mass is 15.3. The predicted octanol–water partition coefficient (Wildman–Crippen LogP) is 2.02.